The lowest BCUT2D eigenvalue weighted by atomic mass is 9.95. The molecule has 3 heterocycles. The molecule has 1 saturated heterocycles. The summed E-state index contributed by atoms with van der Waals surface area (Å²) in [7, 11) is 0. The van der Waals surface area contributed by atoms with E-state index in [-0.39, 0.29) is 17.9 Å². The standard InChI is InChI=1S/C24H32N4O3S/c1-16(2)19(28-10-12-31-13-11-28)15-26-23(30)21-18-7-3-4-8-20(18)32-24(21)27-22(29)17-6-5-9-25-14-17/h5-6,9,14,16,19H,3-4,7-8,10-13,15H2,1-2H3,(H,26,30)(H,27,29). The highest BCUT2D eigenvalue weighted by molar-refractivity contribution is 7.17. The van der Waals surface area contributed by atoms with Crippen LogP contribution in [0.25, 0.3) is 0 Å². The van der Waals surface area contributed by atoms with Crippen LogP contribution in [-0.4, -0.2) is 60.6 Å². The monoisotopic (exact) mass is 456 g/mol. The van der Waals surface area contributed by atoms with E-state index in [2.05, 4.69) is 34.4 Å². The Labute approximate surface area is 193 Å². The Morgan fingerprint density at radius 3 is 2.69 bits per heavy atom. The Bertz CT molecular complexity index is 938. The largest absolute Gasteiger partial charge is 0.379 e. The number of fused-ring (bicyclic) bond motifs is 1. The summed E-state index contributed by atoms with van der Waals surface area (Å²) in [5, 5.41) is 6.83. The van der Waals surface area contributed by atoms with Crippen molar-refractivity contribution in [1.82, 2.24) is 15.2 Å². The Kier molecular flexibility index (Phi) is 7.55. The fourth-order valence-electron chi connectivity index (χ4n) is 4.55. The molecule has 0 spiro atoms. The summed E-state index contributed by atoms with van der Waals surface area (Å²) in [6, 6.07) is 3.72. The molecule has 2 aromatic heterocycles. The molecule has 7 nitrogen and oxygen atoms in total. The van der Waals surface area contributed by atoms with Gasteiger partial charge in [0.05, 0.1) is 24.3 Å². The first kappa shape index (κ1) is 22.9. The number of anilines is 1. The van der Waals surface area contributed by atoms with Crippen molar-refractivity contribution >= 4 is 28.2 Å². The molecule has 0 saturated carbocycles. The van der Waals surface area contributed by atoms with Crippen LogP contribution in [0.3, 0.4) is 0 Å². The number of aromatic nitrogens is 1. The second-order valence-electron chi connectivity index (χ2n) is 8.78. The topological polar surface area (TPSA) is 83.6 Å². The van der Waals surface area contributed by atoms with Crippen LogP contribution >= 0.6 is 11.3 Å². The summed E-state index contributed by atoms with van der Waals surface area (Å²) < 4.78 is 5.49. The van der Waals surface area contributed by atoms with Crippen molar-refractivity contribution < 1.29 is 14.3 Å². The molecule has 4 rings (SSSR count). The van der Waals surface area contributed by atoms with E-state index in [0.29, 0.717) is 28.6 Å². The van der Waals surface area contributed by atoms with Gasteiger partial charge in [-0.2, -0.15) is 0 Å². The van der Waals surface area contributed by atoms with Crippen molar-refractivity contribution in [3.8, 4) is 0 Å². The maximum absolute atomic E-state index is 13.4. The molecule has 1 aliphatic carbocycles. The zero-order valence-electron chi connectivity index (χ0n) is 18.9. The number of ether oxygens (including phenoxy) is 1. The second-order valence-corrected chi connectivity index (χ2v) is 9.89. The van der Waals surface area contributed by atoms with Gasteiger partial charge in [0.1, 0.15) is 5.00 Å². The Balaban J connectivity index is 1.52. The molecule has 1 aliphatic heterocycles. The number of hydrogen-bond donors (Lipinski definition) is 2. The molecule has 0 aromatic carbocycles. The van der Waals surface area contributed by atoms with Crippen LogP contribution in [-0.2, 0) is 17.6 Å². The van der Waals surface area contributed by atoms with E-state index >= 15 is 0 Å². The van der Waals surface area contributed by atoms with Gasteiger partial charge in [0.2, 0.25) is 0 Å². The molecule has 2 amide bonds. The number of carbonyl (C=O) groups is 2. The molecule has 0 radical (unpaired) electrons. The van der Waals surface area contributed by atoms with Gasteiger partial charge >= 0.3 is 0 Å². The van der Waals surface area contributed by atoms with Crippen LogP contribution in [0.4, 0.5) is 5.00 Å². The van der Waals surface area contributed by atoms with Crippen LogP contribution in [0.15, 0.2) is 24.5 Å². The third kappa shape index (κ3) is 5.19. The number of nitrogens with zero attached hydrogens (tertiary/aromatic N) is 2. The molecule has 1 atom stereocenters. The number of hydrogen-bond acceptors (Lipinski definition) is 6. The lowest BCUT2D eigenvalue weighted by Gasteiger charge is -2.37. The fraction of sp³-hybridized carbons (Fsp3) is 0.542. The second kappa shape index (κ2) is 10.6. The fourth-order valence-corrected chi connectivity index (χ4v) is 5.83. The number of nitrogens with one attached hydrogen (secondary N) is 2. The van der Waals surface area contributed by atoms with Gasteiger partial charge in [0, 0.05) is 42.9 Å². The minimum atomic E-state index is -0.237. The maximum atomic E-state index is 13.4. The normalized spacial score (nSPS) is 17.6. The van der Waals surface area contributed by atoms with E-state index in [1.165, 1.54) is 11.1 Å². The summed E-state index contributed by atoms with van der Waals surface area (Å²) in [4.78, 5) is 33.8. The highest BCUT2D eigenvalue weighted by Crippen LogP contribution is 2.38. The predicted molar refractivity (Wildman–Crippen MR) is 127 cm³/mol. The van der Waals surface area contributed by atoms with E-state index in [4.69, 9.17) is 4.74 Å². The first-order valence-electron chi connectivity index (χ1n) is 11.5. The van der Waals surface area contributed by atoms with E-state index in [1.54, 1.807) is 29.7 Å². The Morgan fingerprint density at radius 1 is 1.19 bits per heavy atom. The van der Waals surface area contributed by atoms with Crippen molar-refractivity contribution in [1.29, 1.82) is 0 Å². The number of pyridine rings is 1. The molecule has 2 aliphatic rings. The predicted octanol–water partition coefficient (Wildman–Crippen LogP) is 3.36. The van der Waals surface area contributed by atoms with Gasteiger partial charge in [0.25, 0.3) is 11.8 Å². The quantitative estimate of drug-likeness (QED) is 0.668. The highest BCUT2D eigenvalue weighted by Gasteiger charge is 2.29. The molecular formula is C24H32N4O3S. The zero-order chi connectivity index (χ0) is 22.5. The molecular weight excluding hydrogens is 424 g/mol. The number of aryl methyl sites for hydroxylation is 1. The Hall–Kier alpha value is -2.29. The van der Waals surface area contributed by atoms with Crippen molar-refractivity contribution in [3.63, 3.8) is 0 Å². The lowest BCUT2D eigenvalue weighted by Crippen LogP contribution is -2.51. The first-order valence-corrected chi connectivity index (χ1v) is 12.3. The number of rotatable bonds is 7. The van der Waals surface area contributed by atoms with E-state index in [1.807, 2.05) is 0 Å². The van der Waals surface area contributed by atoms with Crippen LogP contribution in [0.2, 0.25) is 0 Å². The number of amides is 2. The van der Waals surface area contributed by atoms with Gasteiger partial charge < -0.3 is 15.4 Å². The van der Waals surface area contributed by atoms with E-state index < -0.39 is 0 Å². The molecule has 2 N–H and O–H groups in total. The Morgan fingerprint density at radius 2 is 1.97 bits per heavy atom. The average Bonchev–Trinajstić information content (AvgIpc) is 3.18. The van der Waals surface area contributed by atoms with Crippen molar-refractivity contribution in [3.05, 3.63) is 46.1 Å². The number of morpholine rings is 1. The summed E-state index contributed by atoms with van der Waals surface area (Å²) in [5.74, 6) is 0.0819. The summed E-state index contributed by atoms with van der Waals surface area (Å²) in [6.07, 6.45) is 7.22. The smallest absolute Gasteiger partial charge is 0.257 e. The van der Waals surface area contributed by atoms with Crippen molar-refractivity contribution in [2.24, 2.45) is 5.92 Å². The zero-order valence-corrected chi connectivity index (χ0v) is 19.7. The van der Waals surface area contributed by atoms with E-state index in [0.717, 1.165) is 57.6 Å². The van der Waals surface area contributed by atoms with Crippen LogP contribution in [0.1, 0.15) is 57.8 Å². The lowest BCUT2D eigenvalue weighted by molar-refractivity contribution is 0.00673. The van der Waals surface area contributed by atoms with Crippen LogP contribution in [0, 0.1) is 5.92 Å². The SMILES string of the molecule is CC(C)C(CNC(=O)c1c(NC(=O)c2cccnc2)sc2c1CCCC2)N1CCOCC1. The summed E-state index contributed by atoms with van der Waals surface area (Å²) in [6.45, 7) is 8.21. The van der Waals surface area contributed by atoms with Crippen LogP contribution in [0.5, 0.6) is 0 Å². The van der Waals surface area contributed by atoms with Crippen molar-refractivity contribution in [2.45, 2.75) is 45.6 Å². The third-order valence-corrected chi connectivity index (χ3v) is 7.51. The van der Waals surface area contributed by atoms with Gasteiger partial charge in [-0.3, -0.25) is 19.5 Å². The molecule has 172 valence electrons. The minimum absolute atomic E-state index is 0.0928. The summed E-state index contributed by atoms with van der Waals surface area (Å²) >= 11 is 1.54. The minimum Gasteiger partial charge on any atom is -0.379 e. The van der Waals surface area contributed by atoms with Gasteiger partial charge in [-0.1, -0.05) is 13.8 Å². The van der Waals surface area contributed by atoms with Gasteiger partial charge in [-0.05, 0) is 49.3 Å². The van der Waals surface area contributed by atoms with Gasteiger partial charge in [0.15, 0.2) is 0 Å². The van der Waals surface area contributed by atoms with Crippen molar-refractivity contribution in [2.75, 3.05) is 38.2 Å². The van der Waals surface area contributed by atoms with Gasteiger partial charge in [-0.15, -0.1) is 11.3 Å². The molecule has 1 fully saturated rings. The molecule has 0 bridgehead atoms. The number of thiophene rings is 1. The molecule has 32 heavy (non-hydrogen) atoms. The molecule has 1 unspecified atom stereocenters. The van der Waals surface area contributed by atoms with Crippen LogP contribution < -0.4 is 10.6 Å². The number of carbonyl (C=O) groups excluding carboxylic acids is 2. The first-order chi connectivity index (χ1) is 15.5. The molecule has 8 heteroatoms. The maximum Gasteiger partial charge on any atom is 0.257 e. The van der Waals surface area contributed by atoms with E-state index in [9.17, 15) is 9.59 Å². The highest BCUT2D eigenvalue weighted by atomic mass is 32.1. The summed E-state index contributed by atoms with van der Waals surface area (Å²) in [5.41, 5.74) is 2.23. The third-order valence-electron chi connectivity index (χ3n) is 6.31. The molecule has 2 aromatic rings. The average molecular weight is 457 g/mol. The van der Waals surface area contributed by atoms with Gasteiger partial charge in [-0.25, -0.2) is 0 Å².